The van der Waals surface area contributed by atoms with Crippen LogP contribution in [0.4, 0.5) is 5.69 Å². The van der Waals surface area contributed by atoms with E-state index in [0.717, 1.165) is 6.42 Å². The lowest BCUT2D eigenvalue weighted by Crippen LogP contribution is -2.43. The van der Waals surface area contributed by atoms with Crippen LogP contribution >= 0.6 is 0 Å². The Morgan fingerprint density at radius 2 is 2.06 bits per heavy atom. The molecule has 0 saturated carbocycles. The third-order valence-corrected chi connectivity index (χ3v) is 3.64. The molecule has 0 spiro atoms. The van der Waals surface area contributed by atoms with Crippen molar-refractivity contribution in [2.24, 2.45) is 5.92 Å². The molecule has 4 nitrogen and oxygen atoms in total. The van der Waals surface area contributed by atoms with Gasteiger partial charge in [-0.1, -0.05) is 19.1 Å². The van der Waals surface area contributed by atoms with E-state index in [4.69, 9.17) is 0 Å². The molecule has 2 atom stereocenters. The summed E-state index contributed by atoms with van der Waals surface area (Å²) >= 11 is 0. The molecule has 17 heavy (non-hydrogen) atoms. The smallest absolute Gasteiger partial charge is 0.256 e. The molecule has 0 aliphatic carbocycles. The summed E-state index contributed by atoms with van der Waals surface area (Å²) in [6, 6.07) is 6.88. The molecule has 1 saturated heterocycles. The maximum atomic E-state index is 12.3. The van der Waals surface area contributed by atoms with Gasteiger partial charge in [0.2, 0.25) is 5.91 Å². The van der Waals surface area contributed by atoms with Crippen molar-refractivity contribution in [3.63, 3.8) is 0 Å². The Hall–Kier alpha value is -1.84. The fraction of sp³-hybridized carbons (Fsp3) is 0.385. The third kappa shape index (κ3) is 1.44. The molecule has 1 N–H and O–H groups in total. The first kappa shape index (κ1) is 10.3. The van der Waals surface area contributed by atoms with Gasteiger partial charge in [0, 0.05) is 6.54 Å². The van der Waals surface area contributed by atoms with Crippen molar-refractivity contribution in [1.29, 1.82) is 0 Å². The highest BCUT2D eigenvalue weighted by atomic mass is 16.2. The number of nitrogens with zero attached hydrogens (tertiary/aromatic N) is 1. The quantitative estimate of drug-likeness (QED) is 0.734. The van der Waals surface area contributed by atoms with Crippen molar-refractivity contribution in [3.05, 3.63) is 29.8 Å². The molecule has 3 rings (SSSR count). The Kier molecular flexibility index (Phi) is 2.18. The number of fused-ring (bicyclic) bond motifs is 2. The van der Waals surface area contributed by atoms with E-state index < -0.39 is 0 Å². The fourth-order valence-electron chi connectivity index (χ4n) is 2.71. The van der Waals surface area contributed by atoms with Crippen LogP contribution in [0.5, 0.6) is 0 Å². The molecule has 1 fully saturated rings. The molecule has 2 heterocycles. The lowest BCUT2D eigenvalue weighted by atomic mass is 10.0. The molecule has 4 heteroatoms. The van der Waals surface area contributed by atoms with Crippen LogP contribution in [-0.4, -0.2) is 29.3 Å². The normalized spacial score (nSPS) is 27.2. The number of carbonyl (C=O) groups excluding carboxylic acids is 2. The van der Waals surface area contributed by atoms with Gasteiger partial charge >= 0.3 is 0 Å². The number of hydrogen-bond acceptors (Lipinski definition) is 2. The zero-order valence-corrected chi connectivity index (χ0v) is 9.64. The Balaban J connectivity index is 2.10. The van der Waals surface area contributed by atoms with Gasteiger partial charge in [0.25, 0.3) is 5.91 Å². The van der Waals surface area contributed by atoms with Gasteiger partial charge in [0.15, 0.2) is 0 Å². The standard InChI is InChI=1S/C13H14N2O2/c1-8-6-7-15-11(8)12(16)14-10-5-3-2-4-9(10)13(15)17/h2-5,8,11H,6-7H2,1H3,(H,14,16)/t8?,11-/m0/s1. The molecule has 2 aliphatic rings. The number of nitrogens with one attached hydrogen (secondary N) is 1. The predicted octanol–water partition coefficient (Wildman–Crippen LogP) is 1.49. The lowest BCUT2D eigenvalue weighted by molar-refractivity contribution is -0.120. The Labute approximate surface area is 99.6 Å². The second-order valence-corrected chi connectivity index (χ2v) is 4.74. The first-order valence-electron chi connectivity index (χ1n) is 5.89. The highest BCUT2D eigenvalue weighted by Gasteiger charge is 2.42. The molecule has 88 valence electrons. The Bertz CT molecular complexity index is 498. The SMILES string of the molecule is CC1CCN2C(=O)c3ccccc3NC(=O)[C@H]12. The average molecular weight is 230 g/mol. The minimum atomic E-state index is -0.310. The van der Waals surface area contributed by atoms with Crippen molar-refractivity contribution < 1.29 is 9.59 Å². The topological polar surface area (TPSA) is 49.4 Å². The first-order chi connectivity index (χ1) is 8.18. The number of hydrogen-bond donors (Lipinski definition) is 1. The number of rotatable bonds is 0. The zero-order chi connectivity index (χ0) is 12.0. The minimum Gasteiger partial charge on any atom is -0.326 e. The minimum absolute atomic E-state index is 0.0340. The van der Waals surface area contributed by atoms with Gasteiger partial charge in [0.1, 0.15) is 6.04 Å². The second-order valence-electron chi connectivity index (χ2n) is 4.74. The molecule has 0 aromatic heterocycles. The van der Waals surface area contributed by atoms with Crippen molar-refractivity contribution in [2.45, 2.75) is 19.4 Å². The van der Waals surface area contributed by atoms with E-state index in [1.807, 2.05) is 19.1 Å². The van der Waals surface area contributed by atoms with E-state index >= 15 is 0 Å². The third-order valence-electron chi connectivity index (χ3n) is 3.64. The van der Waals surface area contributed by atoms with E-state index in [0.29, 0.717) is 17.8 Å². The van der Waals surface area contributed by atoms with Crippen molar-refractivity contribution >= 4 is 17.5 Å². The number of anilines is 1. The van der Waals surface area contributed by atoms with Crippen LogP contribution in [-0.2, 0) is 4.79 Å². The van der Waals surface area contributed by atoms with Crippen LogP contribution in [0.25, 0.3) is 0 Å². The maximum Gasteiger partial charge on any atom is 0.256 e. The number of benzene rings is 1. The molecule has 0 bridgehead atoms. The monoisotopic (exact) mass is 230 g/mol. The van der Waals surface area contributed by atoms with E-state index in [2.05, 4.69) is 5.32 Å². The summed E-state index contributed by atoms with van der Waals surface area (Å²) in [6.07, 6.45) is 0.895. The molecule has 2 aliphatic heterocycles. The number of amides is 2. The van der Waals surface area contributed by atoms with Crippen molar-refractivity contribution in [3.8, 4) is 0 Å². The van der Waals surface area contributed by atoms with E-state index in [-0.39, 0.29) is 23.8 Å². The first-order valence-corrected chi connectivity index (χ1v) is 5.89. The van der Waals surface area contributed by atoms with Gasteiger partial charge in [-0.05, 0) is 24.5 Å². The number of para-hydroxylation sites is 1. The van der Waals surface area contributed by atoms with E-state index in [9.17, 15) is 9.59 Å². The van der Waals surface area contributed by atoms with Crippen LogP contribution in [0, 0.1) is 5.92 Å². The van der Waals surface area contributed by atoms with Crippen molar-refractivity contribution in [1.82, 2.24) is 4.90 Å². The van der Waals surface area contributed by atoms with Crippen molar-refractivity contribution in [2.75, 3.05) is 11.9 Å². The van der Waals surface area contributed by atoms with Crippen LogP contribution in [0.1, 0.15) is 23.7 Å². The molecule has 1 unspecified atom stereocenters. The zero-order valence-electron chi connectivity index (χ0n) is 9.64. The van der Waals surface area contributed by atoms with Crippen LogP contribution in [0.3, 0.4) is 0 Å². The molecular weight excluding hydrogens is 216 g/mol. The van der Waals surface area contributed by atoms with Gasteiger partial charge in [-0.15, -0.1) is 0 Å². The summed E-state index contributed by atoms with van der Waals surface area (Å²) in [4.78, 5) is 26.2. The van der Waals surface area contributed by atoms with Gasteiger partial charge in [0.05, 0.1) is 11.3 Å². The van der Waals surface area contributed by atoms with E-state index in [1.54, 1.807) is 17.0 Å². The molecular formula is C13H14N2O2. The predicted molar refractivity (Wildman–Crippen MR) is 63.7 cm³/mol. The molecule has 2 amide bonds. The lowest BCUT2D eigenvalue weighted by Gasteiger charge is -2.22. The summed E-state index contributed by atoms with van der Waals surface area (Å²) in [7, 11) is 0. The summed E-state index contributed by atoms with van der Waals surface area (Å²) in [5, 5.41) is 2.85. The largest absolute Gasteiger partial charge is 0.326 e. The molecule has 1 aromatic carbocycles. The van der Waals surface area contributed by atoms with E-state index in [1.165, 1.54) is 0 Å². The maximum absolute atomic E-state index is 12.3. The molecule has 0 radical (unpaired) electrons. The Morgan fingerprint density at radius 1 is 1.29 bits per heavy atom. The van der Waals surface area contributed by atoms with Crippen LogP contribution < -0.4 is 5.32 Å². The fourth-order valence-corrected chi connectivity index (χ4v) is 2.71. The van der Waals surface area contributed by atoms with Gasteiger partial charge in [-0.25, -0.2) is 0 Å². The van der Waals surface area contributed by atoms with Gasteiger partial charge in [-0.2, -0.15) is 0 Å². The Morgan fingerprint density at radius 3 is 2.88 bits per heavy atom. The summed E-state index contributed by atoms with van der Waals surface area (Å²) in [5.41, 5.74) is 1.22. The van der Waals surface area contributed by atoms with Gasteiger partial charge < -0.3 is 10.2 Å². The highest BCUT2D eigenvalue weighted by molar-refractivity contribution is 6.10. The summed E-state index contributed by atoms with van der Waals surface area (Å²) in [5.74, 6) is 0.134. The van der Waals surface area contributed by atoms with Crippen LogP contribution in [0.2, 0.25) is 0 Å². The molecule has 1 aromatic rings. The van der Waals surface area contributed by atoms with Crippen LogP contribution in [0.15, 0.2) is 24.3 Å². The van der Waals surface area contributed by atoms with Gasteiger partial charge in [-0.3, -0.25) is 9.59 Å². The summed E-state index contributed by atoms with van der Waals surface area (Å²) in [6.45, 7) is 2.69. The second kappa shape index (κ2) is 3.58. The average Bonchev–Trinajstić information content (AvgIpc) is 2.66. The highest BCUT2D eigenvalue weighted by Crippen LogP contribution is 2.31. The number of carbonyl (C=O) groups is 2. The summed E-state index contributed by atoms with van der Waals surface area (Å²) < 4.78 is 0.